The molecule has 0 spiro atoms. The van der Waals surface area contributed by atoms with Gasteiger partial charge in [0.2, 0.25) is 0 Å². The second kappa shape index (κ2) is 46.4. The van der Waals surface area contributed by atoms with E-state index in [2.05, 4.69) is 24.9 Å². The third kappa shape index (κ3) is 33.1. The smallest absolute Gasteiger partial charge is 0.336 e. The van der Waals surface area contributed by atoms with Crippen LogP contribution in [0.4, 0.5) is 5.69 Å². The zero-order chi connectivity index (χ0) is 82.0. The largest absolute Gasteiger partial charge is 0.481 e. The number of carbonyl (C=O) groups is 13. The van der Waals surface area contributed by atoms with Crippen molar-refractivity contribution in [1.82, 2.24) is 24.9 Å². The molecule has 32 nitrogen and oxygen atoms in total. The van der Waals surface area contributed by atoms with Crippen LogP contribution in [-0.2, 0) is 57.5 Å². The van der Waals surface area contributed by atoms with Gasteiger partial charge >= 0.3 is 77.6 Å². The molecule has 4 heterocycles. The summed E-state index contributed by atoms with van der Waals surface area (Å²) in [5, 5.41) is 112. The van der Waals surface area contributed by atoms with Gasteiger partial charge in [-0.15, -0.1) is 57.5 Å². The van der Waals surface area contributed by atoms with Gasteiger partial charge in [0.15, 0.2) is 18.2 Å². The molecule has 0 radical (unpaired) electrons. The van der Waals surface area contributed by atoms with Crippen LogP contribution in [0.25, 0.3) is 41.7 Å². The summed E-state index contributed by atoms with van der Waals surface area (Å²) >= 11 is 16.5. The summed E-state index contributed by atoms with van der Waals surface area (Å²) in [5.74, 6) is -16.6. The molecule has 0 bridgehead atoms. The Morgan fingerprint density at radius 1 is 0.387 bits per heavy atom. The van der Waals surface area contributed by atoms with Crippen molar-refractivity contribution in [3.05, 3.63) is 150 Å². The molecule has 42 heteroatoms. The lowest BCUT2D eigenvalue weighted by molar-refractivity contribution is -0.147. The van der Waals surface area contributed by atoms with Gasteiger partial charge in [0, 0.05) is 44.2 Å². The number of rotatable bonds is 35. The van der Waals surface area contributed by atoms with Gasteiger partial charge in [-0.05, 0) is 85.3 Å². The summed E-state index contributed by atoms with van der Waals surface area (Å²) in [5.41, 5.74) is 10.2. The highest BCUT2D eigenvalue weighted by atomic mass is 35.5. The Hall–Kier alpha value is -10.2. The molecule has 0 saturated heterocycles. The first kappa shape index (κ1) is 91.4. The molecule has 16 N–H and O–H groups in total. The molecule has 10 aromatic rings. The molecule has 0 saturated carbocycles. The van der Waals surface area contributed by atoms with Crippen LogP contribution in [0.5, 0.6) is 0 Å². The Morgan fingerprint density at radius 3 is 1.23 bits per heavy atom. The number of aromatic amines is 1. The number of aromatic nitrogens is 5. The van der Waals surface area contributed by atoms with Crippen molar-refractivity contribution in [3.63, 3.8) is 0 Å². The number of nitrogens with zero attached hydrogens (tertiary/aromatic N) is 4. The first-order valence-electron chi connectivity index (χ1n) is 31.5. The molecule has 0 aliphatic carbocycles. The number of nitrogens with two attached hydrogens (primary N) is 1. The van der Waals surface area contributed by atoms with E-state index in [1.165, 1.54) is 63.6 Å². The maximum absolute atomic E-state index is 11.1. The number of carboxylic acid groups (broad SMARTS) is 13. The van der Waals surface area contributed by atoms with Crippen molar-refractivity contribution in [2.24, 2.45) is 17.8 Å². The first-order valence-corrected chi connectivity index (χ1v) is 39.9. The number of para-hydroxylation sites is 5. The lowest BCUT2D eigenvalue weighted by Crippen LogP contribution is -2.20. The van der Waals surface area contributed by atoms with Crippen molar-refractivity contribution in [3.8, 4) is 0 Å². The molecule has 10 rings (SSSR count). The zero-order valence-corrected chi connectivity index (χ0v) is 65.0. The van der Waals surface area contributed by atoms with E-state index in [4.69, 9.17) is 83.7 Å². The van der Waals surface area contributed by atoms with E-state index in [0.717, 1.165) is 92.4 Å². The highest BCUT2D eigenvalue weighted by Gasteiger charge is 2.28. The number of aliphatic carboxylic acids is 12. The van der Waals surface area contributed by atoms with Gasteiger partial charge in [0.1, 0.15) is 15.7 Å². The van der Waals surface area contributed by atoms with Gasteiger partial charge in [-0.1, -0.05) is 119 Å². The van der Waals surface area contributed by atoms with E-state index in [0.29, 0.717) is 40.7 Å². The van der Waals surface area contributed by atoms with Crippen molar-refractivity contribution >= 4 is 241 Å². The minimum atomic E-state index is -1.21. The van der Waals surface area contributed by atoms with Crippen LogP contribution in [0.3, 0.4) is 0 Å². The number of hydrogen-bond acceptors (Lipinski definition) is 27. The lowest BCUT2D eigenvalue weighted by atomic mass is 10.1. The Kier molecular flexibility index (Phi) is 38.2. The van der Waals surface area contributed by atoms with Gasteiger partial charge in [0.05, 0.1) is 97.1 Å². The number of benzene rings is 6. The Bertz CT molecular complexity index is 4740. The second-order valence-electron chi connectivity index (χ2n) is 22.2. The fourth-order valence-corrected chi connectivity index (χ4v) is 18.4. The minimum Gasteiger partial charge on any atom is -0.481 e. The van der Waals surface area contributed by atoms with Crippen LogP contribution < -0.4 is 5.73 Å². The van der Waals surface area contributed by atoms with E-state index in [-0.39, 0.29) is 36.3 Å². The maximum atomic E-state index is 11.1. The first-order chi connectivity index (χ1) is 52.5. The fourth-order valence-electron chi connectivity index (χ4n) is 8.49. The van der Waals surface area contributed by atoms with E-state index in [1.807, 2.05) is 66.7 Å². The quantitative estimate of drug-likeness (QED) is 0.0130. The van der Waals surface area contributed by atoms with E-state index in [9.17, 15) is 62.3 Å². The zero-order valence-electron chi connectivity index (χ0n) is 56.9. The standard InChI is InChI=1S/C13H13NO4S2.C12H12O6S.C11H8ClNO4S2.C11H10N2O4S.C11H9NO4S2.C11H13NO4S/c15-11(16)6-5-8(12(17)18)7-19-13-14-9-3-1-2-4-10(9)20-13;13-10(14)5-7(11(15)16)6-19-9-4-2-1-3-8(9)12(17)18;12-5-1-2-7-6(3-5)13-11(18-7)19-8(10(16)17)4-9(14)15;14-9(15)5-8(10(16)17)18-11-12-6-3-1-2-4-7(6)13-11;13-9(14)5-8(10(15)16)18-11-12-6-3-1-2-4-7(6)17-11;12-8-3-1-2-4-9(8)17-6-7(11(15)16)5-10(13)14/h1-4,8H,5-7H2,(H,15,16)(H,17,18);1-4,7H,5-6H2,(H,13,14)(H,15,16)(H,17,18);1-3,8H,4H2,(H,14,15)(H,16,17);1-4,8H,5H2,(H,12,13)(H,14,15)(H,16,17);1-4,8H,5H2,(H,13,14)(H,15,16);1-4,7H,5-6,12H2,(H,13,14)(H,15,16). The summed E-state index contributed by atoms with van der Waals surface area (Å²) in [6.45, 7) is 0. The summed E-state index contributed by atoms with van der Waals surface area (Å²) in [6.07, 6.45) is -2.17. The number of nitrogens with one attached hydrogen (secondary N) is 1. The van der Waals surface area contributed by atoms with E-state index >= 15 is 0 Å². The topological polar surface area (TPSA) is 578 Å². The number of thiazole rings is 3. The van der Waals surface area contributed by atoms with Crippen LogP contribution in [0.2, 0.25) is 5.02 Å². The third-order valence-corrected chi connectivity index (χ3v) is 24.6. The molecule has 6 atom stereocenters. The van der Waals surface area contributed by atoms with Crippen LogP contribution in [-0.4, -0.2) is 202 Å². The van der Waals surface area contributed by atoms with E-state index < -0.39 is 137 Å². The predicted octanol–water partition coefficient (Wildman–Crippen LogP) is 13.0. The molecule has 0 aliphatic heterocycles. The lowest BCUT2D eigenvalue weighted by Gasteiger charge is -2.10. The van der Waals surface area contributed by atoms with Crippen LogP contribution in [0.1, 0.15) is 55.3 Å². The third-order valence-electron chi connectivity index (χ3n) is 13.8. The molecule has 588 valence electrons. The predicted molar refractivity (Wildman–Crippen MR) is 420 cm³/mol. The number of hydrogen-bond donors (Lipinski definition) is 15. The summed E-state index contributed by atoms with van der Waals surface area (Å²) < 4.78 is 4.81. The number of nitrogen functional groups attached to an aromatic ring is 1. The SMILES string of the molecule is Nc1ccccc1SCC(CC(=O)O)C(=O)O.O=C(O)CC(CSc1ccccc1C(=O)O)C(=O)O.O=C(O)CC(Sc1nc2cc(Cl)ccc2s1)C(=O)O.O=C(O)CC(Sc1nc2ccccc2[nH]1)C(=O)O.O=C(O)CC(Sc1nc2ccccc2s1)C(=O)O.O=C(O)CCC(CSc1nc2ccccc2s1)C(=O)O. The molecule has 0 aliphatic rings. The highest BCUT2D eigenvalue weighted by molar-refractivity contribution is 8.03. The van der Waals surface area contributed by atoms with Crippen LogP contribution in [0.15, 0.2) is 167 Å². The van der Waals surface area contributed by atoms with Crippen LogP contribution in [0, 0.1) is 17.8 Å². The molecular weight excluding hydrogens is 1650 g/mol. The number of anilines is 1. The Labute approximate surface area is 669 Å². The van der Waals surface area contributed by atoms with Gasteiger partial charge in [-0.3, -0.25) is 57.5 Å². The average molecular weight is 1720 g/mol. The summed E-state index contributed by atoms with van der Waals surface area (Å²) in [7, 11) is 0. The fraction of sp³-hybridized carbons (Fsp3) is 0.232. The number of halogens is 1. The number of imidazole rings is 1. The van der Waals surface area contributed by atoms with Crippen LogP contribution >= 0.6 is 116 Å². The van der Waals surface area contributed by atoms with Gasteiger partial charge < -0.3 is 77.1 Å². The monoisotopic (exact) mass is 1720 g/mol. The number of fused-ring (bicyclic) bond motifs is 4. The van der Waals surface area contributed by atoms with Gasteiger partial charge in [-0.2, -0.15) is 0 Å². The van der Waals surface area contributed by atoms with Gasteiger partial charge in [0.25, 0.3) is 0 Å². The minimum absolute atomic E-state index is 0.00588. The van der Waals surface area contributed by atoms with Crippen molar-refractivity contribution in [2.45, 2.75) is 88.7 Å². The number of thioether (sulfide) groups is 6. The number of carboxylic acids is 13. The summed E-state index contributed by atoms with van der Waals surface area (Å²) in [6, 6.07) is 40.9. The molecule has 6 aromatic carbocycles. The Balaban J connectivity index is 0.000000238. The summed E-state index contributed by atoms with van der Waals surface area (Å²) in [4.78, 5) is 161. The molecule has 4 aromatic heterocycles. The normalized spacial score (nSPS) is 12.3. The van der Waals surface area contributed by atoms with Crippen molar-refractivity contribution in [1.29, 1.82) is 0 Å². The molecule has 0 amide bonds. The number of aromatic carboxylic acids is 1. The highest BCUT2D eigenvalue weighted by Crippen LogP contribution is 2.37. The van der Waals surface area contributed by atoms with E-state index in [1.54, 1.807) is 66.7 Å². The Morgan fingerprint density at radius 2 is 0.784 bits per heavy atom. The average Bonchev–Trinajstić information content (AvgIpc) is 1.70. The molecule has 0 fully saturated rings. The van der Waals surface area contributed by atoms with Crippen molar-refractivity contribution in [2.75, 3.05) is 23.0 Å². The number of H-pyrrole nitrogens is 1. The van der Waals surface area contributed by atoms with Gasteiger partial charge in [-0.25, -0.2) is 24.7 Å². The van der Waals surface area contributed by atoms with Crippen molar-refractivity contribution < 1.29 is 129 Å². The maximum Gasteiger partial charge on any atom is 0.336 e. The molecule has 6 unspecified atom stereocenters. The molecular formula is C69H65ClN6O26S9. The second-order valence-corrected chi connectivity index (χ2v) is 33.2. The molecule has 111 heavy (non-hydrogen) atoms.